The molecule has 0 bridgehead atoms. The fourth-order valence-electron chi connectivity index (χ4n) is 0.876. The van der Waals surface area contributed by atoms with Crippen molar-refractivity contribution in [1.82, 2.24) is 9.97 Å². The molecule has 2 N–H and O–H groups in total. The minimum Gasteiger partial charge on any atom is -0.465 e. The van der Waals surface area contributed by atoms with Gasteiger partial charge < -0.3 is 5.11 Å². The Hall–Kier alpha value is -1.91. The first-order valence-electron chi connectivity index (χ1n) is 3.57. The van der Waals surface area contributed by atoms with Crippen LogP contribution in [0.3, 0.4) is 0 Å². The maximum atomic E-state index is 10.3. The Morgan fingerprint density at radius 3 is 2.92 bits per heavy atom. The van der Waals surface area contributed by atoms with Crippen molar-refractivity contribution in [3.63, 3.8) is 0 Å². The maximum absolute atomic E-state index is 10.3. The molecule has 1 amide bonds. The second kappa shape index (κ2) is 3.66. The number of amides is 1. The molecule has 1 rings (SSSR count). The van der Waals surface area contributed by atoms with Gasteiger partial charge in [-0.15, -0.1) is 0 Å². The second-order valence-electron chi connectivity index (χ2n) is 2.50. The van der Waals surface area contributed by atoms with Crippen LogP contribution in [0.25, 0.3) is 5.57 Å². The van der Waals surface area contributed by atoms with E-state index in [-0.39, 0.29) is 0 Å². The lowest BCUT2D eigenvalue weighted by Gasteiger charge is -2.05. The second-order valence-corrected chi connectivity index (χ2v) is 2.50. The summed E-state index contributed by atoms with van der Waals surface area (Å²) in [5.74, 6) is 0. The zero-order valence-electron chi connectivity index (χ0n) is 7.11. The van der Waals surface area contributed by atoms with E-state index in [9.17, 15) is 4.79 Å². The third-order valence-corrected chi connectivity index (χ3v) is 1.36. The smallest absolute Gasteiger partial charge is 0.409 e. The molecule has 0 unspecified atom stereocenters. The summed E-state index contributed by atoms with van der Waals surface area (Å²) in [5, 5.41) is 10.7. The van der Waals surface area contributed by atoms with Crippen molar-refractivity contribution in [2.75, 3.05) is 5.32 Å². The number of anilines is 1. The first-order chi connectivity index (χ1) is 6.11. The Kier molecular flexibility index (Phi) is 2.59. The molecule has 0 saturated carbocycles. The molecule has 0 aliphatic rings. The normalized spacial score (nSPS) is 9.31. The number of rotatable bonds is 2. The predicted molar refractivity (Wildman–Crippen MR) is 48.4 cm³/mol. The van der Waals surface area contributed by atoms with E-state index < -0.39 is 6.09 Å². The van der Waals surface area contributed by atoms with Crippen LogP contribution in [0, 0.1) is 0 Å². The summed E-state index contributed by atoms with van der Waals surface area (Å²) in [6, 6.07) is 0. The van der Waals surface area contributed by atoms with Crippen molar-refractivity contribution in [1.29, 1.82) is 0 Å². The molecule has 0 atom stereocenters. The van der Waals surface area contributed by atoms with Crippen molar-refractivity contribution in [2.45, 2.75) is 6.92 Å². The quantitative estimate of drug-likeness (QED) is 0.723. The molecule has 68 valence electrons. The molecular weight excluding hydrogens is 170 g/mol. The highest BCUT2D eigenvalue weighted by molar-refractivity contribution is 5.86. The first-order valence-corrected chi connectivity index (χ1v) is 3.57. The average Bonchev–Trinajstić information content (AvgIpc) is 2.03. The topological polar surface area (TPSA) is 75.1 Å². The Morgan fingerprint density at radius 2 is 2.38 bits per heavy atom. The number of nitrogens with one attached hydrogen (secondary N) is 1. The number of carbonyl (C=O) groups is 1. The predicted octanol–water partition coefficient (Wildman–Crippen LogP) is 1.60. The molecule has 0 aliphatic heterocycles. The molecule has 5 nitrogen and oxygen atoms in total. The van der Waals surface area contributed by atoms with Crippen LogP contribution in [0.4, 0.5) is 10.5 Å². The number of carboxylic acid groups (broad SMARTS) is 1. The van der Waals surface area contributed by atoms with Gasteiger partial charge in [0.2, 0.25) is 0 Å². The van der Waals surface area contributed by atoms with Crippen LogP contribution in [0.15, 0.2) is 19.1 Å². The zero-order valence-corrected chi connectivity index (χ0v) is 7.11. The van der Waals surface area contributed by atoms with Crippen LogP contribution in [-0.4, -0.2) is 21.2 Å². The first kappa shape index (κ1) is 9.18. The summed E-state index contributed by atoms with van der Waals surface area (Å²) in [7, 11) is 0. The van der Waals surface area contributed by atoms with Gasteiger partial charge in [-0.05, 0) is 12.5 Å². The van der Waals surface area contributed by atoms with Crippen LogP contribution in [0.2, 0.25) is 0 Å². The van der Waals surface area contributed by atoms with Gasteiger partial charge in [0.1, 0.15) is 6.33 Å². The van der Waals surface area contributed by atoms with Gasteiger partial charge in [-0.2, -0.15) is 0 Å². The third kappa shape index (κ3) is 2.26. The highest BCUT2D eigenvalue weighted by Gasteiger charge is 2.06. The Morgan fingerprint density at radius 1 is 1.69 bits per heavy atom. The number of hydrogen-bond acceptors (Lipinski definition) is 3. The van der Waals surface area contributed by atoms with Crippen molar-refractivity contribution in [3.8, 4) is 0 Å². The van der Waals surface area contributed by atoms with Crippen LogP contribution < -0.4 is 5.32 Å². The van der Waals surface area contributed by atoms with Gasteiger partial charge >= 0.3 is 6.09 Å². The average molecular weight is 179 g/mol. The van der Waals surface area contributed by atoms with Crippen molar-refractivity contribution in [3.05, 3.63) is 24.8 Å². The lowest BCUT2D eigenvalue weighted by molar-refractivity contribution is 0.209. The summed E-state index contributed by atoms with van der Waals surface area (Å²) >= 11 is 0. The number of allylic oxidation sites excluding steroid dienone is 1. The molecular formula is C8H9N3O2. The molecule has 5 heteroatoms. The lowest BCUT2D eigenvalue weighted by atomic mass is 10.2. The largest absolute Gasteiger partial charge is 0.465 e. The molecule has 13 heavy (non-hydrogen) atoms. The number of nitrogens with zero attached hydrogens (tertiary/aromatic N) is 2. The van der Waals surface area contributed by atoms with E-state index in [2.05, 4.69) is 21.9 Å². The van der Waals surface area contributed by atoms with Gasteiger partial charge in [0.25, 0.3) is 0 Å². The molecule has 0 saturated heterocycles. The Balaban J connectivity index is 3.04. The maximum Gasteiger partial charge on any atom is 0.409 e. The lowest BCUT2D eigenvalue weighted by Crippen LogP contribution is -2.10. The molecule has 0 aliphatic carbocycles. The number of hydrogen-bond donors (Lipinski definition) is 2. The van der Waals surface area contributed by atoms with E-state index in [0.29, 0.717) is 17.0 Å². The standard InChI is InChI=1S/C8H9N3O2/c1-5(2)7-6(11-8(12)13)3-9-4-10-7/h3-4,11H,1H2,2H3,(H,12,13). The molecule has 0 aromatic carbocycles. The highest BCUT2D eigenvalue weighted by atomic mass is 16.4. The summed E-state index contributed by atoms with van der Waals surface area (Å²) in [6.45, 7) is 5.42. The molecule has 0 fully saturated rings. The minimum atomic E-state index is -1.14. The summed E-state index contributed by atoms with van der Waals surface area (Å²) in [5.41, 5.74) is 1.55. The van der Waals surface area contributed by atoms with Gasteiger partial charge in [-0.1, -0.05) is 6.58 Å². The van der Waals surface area contributed by atoms with Crippen molar-refractivity contribution >= 4 is 17.4 Å². The monoisotopic (exact) mass is 179 g/mol. The van der Waals surface area contributed by atoms with Crippen molar-refractivity contribution < 1.29 is 9.90 Å². The van der Waals surface area contributed by atoms with Crippen LogP contribution in [0.1, 0.15) is 12.6 Å². The van der Waals surface area contributed by atoms with E-state index in [1.165, 1.54) is 12.5 Å². The summed E-state index contributed by atoms with van der Waals surface area (Å²) < 4.78 is 0. The van der Waals surface area contributed by atoms with Gasteiger partial charge in [0.15, 0.2) is 0 Å². The van der Waals surface area contributed by atoms with Crippen LogP contribution in [-0.2, 0) is 0 Å². The van der Waals surface area contributed by atoms with E-state index in [1.807, 2.05) is 0 Å². The van der Waals surface area contributed by atoms with E-state index in [0.717, 1.165) is 0 Å². The van der Waals surface area contributed by atoms with E-state index >= 15 is 0 Å². The molecule has 1 aromatic rings. The van der Waals surface area contributed by atoms with Gasteiger partial charge in [-0.3, -0.25) is 5.32 Å². The van der Waals surface area contributed by atoms with Gasteiger partial charge in [0, 0.05) is 0 Å². The molecule has 0 radical (unpaired) electrons. The molecule has 1 aromatic heterocycles. The van der Waals surface area contributed by atoms with Gasteiger partial charge in [-0.25, -0.2) is 14.8 Å². The Bertz CT molecular complexity index is 349. The molecule has 1 heterocycles. The van der Waals surface area contributed by atoms with E-state index in [4.69, 9.17) is 5.11 Å². The number of aromatic nitrogens is 2. The Labute approximate surface area is 75.1 Å². The van der Waals surface area contributed by atoms with Crippen LogP contribution >= 0.6 is 0 Å². The zero-order chi connectivity index (χ0) is 9.84. The fourth-order valence-corrected chi connectivity index (χ4v) is 0.876. The summed E-state index contributed by atoms with van der Waals surface area (Å²) in [4.78, 5) is 17.9. The third-order valence-electron chi connectivity index (χ3n) is 1.36. The molecule has 0 spiro atoms. The minimum absolute atomic E-state index is 0.350. The van der Waals surface area contributed by atoms with Crippen LogP contribution in [0.5, 0.6) is 0 Å². The van der Waals surface area contributed by atoms with E-state index in [1.54, 1.807) is 6.92 Å². The van der Waals surface area contributed by atoms with Crippen molar-refractivity contribution in [2.24, 2.45) is 0 Å². The summed E-state index contributed by atoms with van der Waals surface area (Å²) in [6.07, 6.45) is 1.60. The SMILES string of the molecule is C=C(C)c1ncncc1NC(=O)O. The van der Waals surface area contributed by atoms with Gasteiger partial charge in [0.05, 0.1) is 17.6 Å². The fraction of sp³-hybridized carbons (Fsp3) is 0.125. The highest BCUT2D eigenvalue weighted by Crippen LogP contribution is 2.17.